The van der Waals surface area contributed by atoms with Crippen LogP contribution in [0.25, 0.3) is 0 Å². The van der Waals surface area contributed by atoms with Crippen molar-refractivity contribution < 1.29 is 33.8 Å². The van der Waals surface area contributed by atoms with E-state index in [4.69, 9.17) is 9.47 Å². The van der Waals surface area contributed by atoms with Crippen LogP contribution in [0.3, 0.4) is 0 Å². The number of nitrogens with one attached hydrogen (secondary N) is 3. The van der Waals surface area contributed by atoms with Crippen LogP contribution >= 0.6 is 0 Å². The van der Waals surface area contributed by atoms with Gasteiger partial charge in [0.1, 0.15) is 25.1 Å². The maximum Gasteiger partial charge on any atom is 0.410 e. The lowest BCUT2D eigenvalue weighted by Gasteiger charge is -2.24. The molecule has 40 heavy (non-hydrogen) atoms. The van der Waals surface area contributed by atoms with Crippen molar-refractivity contribution in [1.29, 1.82) is 0 Å². The number of ether oxygens (including phenoxy) is 2. The molecular formula is C28H37N5O7. The second-order valence-corrected chi connectivity index (χ2v) is 10.5. The summed E-state index contributed by atoms with van der Waals surface area (Å²) in [5, 5.41) is 17.5. The van der Waals surface area contributed by atoms with Crippen molar-refractivity contribution in [2.24, 2.45) is 5.41 Å². The molecule has 1 aliphatic heterocycles. The maximum absolute atomic E-state index is 13.0. The van der Waals surface area contributed by atoms with Crippen LogP contribution in [-0.2, 0) is 30.5 Å². The third-order valence-electron chi connectivity index (χ3n) is 6.24. The Labute approximate surface area is 233 Å². The van der Waals surface area contributed by atoms with E-state index in [1.54, 1.807) is 37.9 Å². The molecule has 216 valence electrons. The zero-order valence-electron chi connectivity index (χ0n) is 23.0. The molecule has 0 spiro atoms. The number of anilines is 1. The fraction of sp³-hybridized carbons (Fsp3) is 0.464. The first-order valence-corrected chi connectivity index (χ1v) is 13.1. The largest absolute Gasteiger partial charge is 0.480 e. The first-order valence-electron chi connectivity index (χ1n) is 13.1. The first kappa shape index (κ1) is 30.4. The Morgan fingerprint density at radius 2 is 1.82 bits per heavy atom. The molecule has 0 bridgehead atoms. The summed E-state index contributed by atoms with van der Waals surface area (Å²) >= 11 is 0. The van der Waals surface area contributed by atoms with E-state index in [2.05, 4.69) is 20.9 Å². The quantitative estimate of drug-likeness (QED) is 0.307. The summed E-state index contributed by atoms with van der Waals surface area (Å²) < 4.78 is 11.3. The molecule has 1 aromatic heterocycles. The van der Waals surface area contributed by atoms with Crippen LogP contribution < -0.4 is 16.0 Å². The van der Waals surface area contributed by atoms with Crippen LogP contribution in [-0.4, -0.2) is 83.3 Å². The minimum absolute atomic E-state index is 0.126. The van der Waals surface area contributed by atoms with Crippen molar-refractivity contribution in [3.63, 3.8) is 0 Å². The lowest BCUT2D eigenvalue weighted by molar-refractivity contribution is -0.143. The molecule has 2 aromatic rings. The number of aromatic nitrogens is 1. The molecule has 0 saturated carbocycles. The van der Waals surface area contributed by atoms with E-state index in [-0.39, 0.29) is 32.3 Å². The summed E-state index contributed by atoms with van der Waals surface area (Å²) in [4.78, 5) is 54.9. The van der Waals surface area contributed by atoms with E-state index in [1.807, 2.05) is 42.5 Å². The van der Waals surface area contributed by atoms with Gasteiger partial charge in [-0.05, 0) is 24.1 Å². The second-order valence-electron chi connectivity index (χ2n) is 10.5. The molecule has 0 unspecified atom stereocenters. The van der Waals surface area contributed by atoms with Crippen molar-refractivity contribution in [2.75, 3.05) is 31.6 Å². The van der Waals surface area contributed by atoms with E-state index in [9.17, 15) is 24.3 Å². The van der Waals surface area contributed by atoms with Gasteiger partial charge < -0.3 is 35.4 Å². The number of pyridine rings is 1. The van der Waals surface area contributed by atoms with Gasteiger partial charge in [0.15, 0.2) is 0 Å². The normalized spacial score (nSPS) is 17.5. The first-order chi connectivity index (χ1) is 19.0. The predicted octanol–water partition coefficient (Wildman–Crippen LogP) is 2.02. The van der Waals surface area contributed by atoms with Gasteiger partial charge in [-0.3, -0.25) is 9.59 Å². The highest BCUT2D eigenvalue weighted by Crippen LogP contribution is 2.22. The molecule has 3 atom stereocenters. The number of carboxylic acid groups (broad SMARTS) is 1. The van der Waals surface area contributed by atoms with Crippen molar-refractivity contribution in [2.45, 2.75) is 52.0 Å². The van der Waals surface area contributed by atoms with Crippen LogP contribution in [0.15, 0.2) is 54.7 Å². The summed E-state index contributed by atoms with van der Waals surface area (Å²) in [6.07, 6.45) is 1.18. The van der Waals surface area contributed by atoms with E-state index in [1.165, 1.54) is 0 Å². The number of amides is 3. The number of hydrogen-bond acceptors (Lipinski definition) is 8. The Morgan fingerprint density at radius 3 is 2.48 bits per heavy atom. The number of hydrogen-bond donors (Lipinski definition) is 4. The molecule has 4 N–H and O–H groups in total. The molecule has 1 aromatic carbocycles. The van der Waals surface area contributed by atoms with Gasteiger partial charge in [0, 0.05) is 24.7 Å². The lowest BCUT2D eigenvalue weighted by atomic mass is 9.95. The van der Waals surface area contributed by atoms with Crippen LogP contribution in [0.4, 0.5) is 10.6 Å². The highest BCUT2D eigenvalue weighted by Gasteiger charge is 2.37. The van der Waals surface area contributed by atoms with Gasteiger partial charge >= 0.3 is 12.1 Å². The number of carbonyl (C=O) groups is 4. The standard InChI is InChI=1S/C28H37N5O7/c1-28(2,3)26(37)32-22(25(35)36)15-31-24(34)18-39-21-13-20(14-30-23-11-7-8-12-29-23)33(16-21)27(38)40-17-19-9-5-4-6-10-19/h4-12,20-22H,13-18H2,1-3H3,(H,29,30)(H,31,34)(H,32,37)(H,35,36)/t20-,21+,22-/m0/s1. The van der Waals surface area contributed by atoms with Crippen LogP contribution in [0.1, 0.15) is 32.8 Å². The van der Waals surface area contributed by atoms with Crippen molar-refractivity contribution in [1.82, 2.24) is 20.5 Å². The summed E-state index contributed by atoms with van der Waals surface area (Å²) in [6.45, 7) is 5.10. The Kier molecular flexibility index (Phi) is 10.8. The summed E-state index contributed by atoms with van der Waals surface area (Å²) in [7, 11) is 0. The summed E-state index contributed by atoms with van der Waals surface area (Å²) in [5.74, 6) is -1.58. The Bertz CT molecular complexity index is 1140. The smallest absolute Gasteiger partial charge is 0.410 e. The van der Waals surface area contributed by atoms with Gasteiger partial charge in [0.25, 0.3) is 0 Å². The predicted molar refractivity (Wildman–Crippen MR) is 146 cm³/mol. The molecule has 1 saturated heterocycles. The number of nitrogens with zero attached hydrogens (tertiary/aromatic N) is 2. The van der Waals surface area contributed by atoms with E-state index in [0.29, 0.717) is 18.8 Å². The van der Waals surface area contributed by atoms with Gasteiger partial charge in [-0.15, -0.1) is 0 Å². The molecule has 3 amide bonds. The Balaban J connectivity index is 1.53. The van der Waals surface area contributed by atoms with Crippen molar-refractivity contribution >= 4 is 29.7 Å². The summed E-state index contributed by atoms with van der Waals surface area (Å²) in [6, 6.07) is 13.3. The molecule has 1 aliphatic rings. The minimum atomic E-state index is -1.28. The van der Waals surface area contributed by atoms with Gasteiger partial charge in [-0.1, -0.05) is 57.2 Å². The molecule has 12 heteroatoms. The lowest BCUT2D eigenvalue weighted by Crippen LogP contribution is -2.51. The Hall–Kier alpha value is -4.19. The average molecular weight is 556 g/mol. The third-order valence-corrected chi connectivity index (χ3v) is 6.24. The van der Waals surface area contributed by atoms with Crippen LogP contribution in [0, 0.1) is 5.41 Å². The number of likely N-dealkylation sites (tertiary alicyclic amines) is 1. The number of carboxylic acids is 1. The highest BCUT2D eigenvalue weighted by molar-refractivity contribution is 5.87. The molecule has 1 fully saturated rings. The number of aliphatic carboxylic acids is 1. The topological polar surface area (TPSA) is 159 Å². The third kappa shape index (κ3) is 9.53. The average Bonchev–Trinajstić information content (AvgIpc) is 3.35. The Morgan fingerprint density at radius 1 is 1.10 bits per heavy atom. The van der Waals surface area contributed by atoms with Crippen molar-refractivity contribution in [3.8, 4) is 0 Å². The van der Waals surface area contributed by atoms with E-state index in [0.717, 1.165) is 5.56 Å². The minimum Gasteiger partial charge on any atom is -0.480 e. The molecule has 0 radical (unpaired) electrons. The number of rotatable bonds is 12. The van der Waals surface area contributed by atoms with Crippen LogP contribution in [0.2, 0.25) is 0 Å². The van der Waals surface area contributed by atoms with Gasteiger partial charge in [-0.25, -0.2) is 14.6 Å². The number of benzene rings is 1. The highest BCUT2D eigenvalue weighted by atomic mass is 16.6. The van der Waals surface area contributed by atoms with Crippen LogP contribution in [0.5, 0.6) is 0 Å². The maximum atomic E-state index is 13.0. The van der Waals surface area contributed by atoms with E-state index >= 15 is 0 Å². The summed E-state index contributed by atoms with van der Waals surface area (Å²) in [5.41, 5.74) is 0.0837. The monoisotopic (exact) mass is 555 g/mol. The molecule has 2 heterocycles. The fourth-order valence-electron chi connectivity index (χ4n) is 3.94. The SMILES string of the molecule is CC(C)(C)C(=O)N[C@@H](CNC(=O)CO[C@@H]1C[C@@H](CNc2ccccn2)N(C(=O)OCc2ccccc2)C1)C(=O)O. The van der Waals surface area contributed by atoms with E-state index < -0.39 is 41.4 Å². The molecular weight excluding hydrogens is 518 g/mol. The molecule has 3 rings (SSSR count). The van der Waals surface area contributed by atoms with Gasteiger partial charge in [0.05, 0.1) is 18.7 Å². The second kappa shape index (κ2) is 14.3. The zero-order valence-corrected chi connectivity index (χ0v) is 23.0. The van der Waals surface area contributed by atoms with Gasteiger partial charge in [0.2, 0.25) is 11.8 Å². The molecule has 12 nitrogen and oxygen atoms in total. The zero-order chi connectivity index (χ0) is 29.1. The molecule has 0 aliphatic carbocycles. The fourth-order valence-corrected chi connectivity index (χ4v) is 3.94. The van der Waals surface area contributed by atoms with Crippen molar-refractivity contribution in [3.05, 3.63) is 60.3 Å². The van der Waals surface area contributed by atoms with Gasteiger partial charge in [-0.2, -0.15) is 0 Å². The number of carbonyl (C=O) groups excluding carboxylic acids is 3.